The molecule has 2 amide bonds. The molecule has 0 bridgehead atoms. The summed E-state index contributed by atoms with van der Waals surface area (Å²) in [6.45, 7) is 9.15. The van der Waals surface area contributed by atoms with Gasteiger partial charge in [0.15, 0.2) is 0 Å². The van der Waals surface area contributed by atoms with Crippen molar-refractivity contribution in [1.82, 2.24) is 10.2 Å². The van der Waals surface area contributed by atoms with E-state index in [1.54, 1.807) is 23.1 Å². The molecule has 1 aromatic rings. The minimum Gasteiger partial charge on any atom is -0.355 e. The first-order valence-corrected chi connectivity index (χ1v) is 9.04. The summed E-state index contributed by atoms with van der Waals surface area (Å²) in [7, 11) is 0. The average Bonchev–Trinajstić information content (AvgIpc) is 2.59. The van der Waals surface area contributed by atoms with E-state index in [0.717, 1.165) is 19.4 Å². The van der Waals surface area contributed by atoms with Crippen LogP contribution in [0.4, 0.5) is 4.39 Å². The van der Waals surface area contributed by atoms with Crippen LogP contribution in [-0.4, -0.2) is 36.3 Å². The molecule has 138 valence electrons. The molecule has 4 nitrogen and oxygen atoms in total. The monoisotopic (exact) mass is 348 g/mol. The second-order valence-corrected chi connectivity index (χ2v) is 7.86. The molecule has 1 fully saturated rings. The molecular formula is C20H29FN2O2. The smallest absolute Gasteiger partial charge is 0.225 e. The van der Waals surface area contributed by atoms with Crippen molar-refractivity contribution in [2.45, 2.75) is 46.0 Å². The van der Waals surface area contributed by atoms with Gasteiger partial charge in [0.2, 0.25) is 11.8 Å². The molecule has 25 heavy (non-hydrogen) atoms. The number of carbonyl (C=O) groups excluding carboxylic acids is 2. The Labute approximate surface area is 149 Å². The van der Waals surface area contributed by atoms with Crippen molar-refractivity contribution < 1.29 is 14.0 Å². The van der Waals surface area contributed by atoms with Gasteiger partial charge in [0.1, 0.15) is 5.82 Å². The zero-order chi connectivity index (χ0) is 18.6. The zero-order valence-corrected chi connectivity index (χ0v) is 15.6. The Hall–Kier alpha value is -1.91. The van der Waals surface area contributed by atoms with Crippen molar-refractivity contribution in [2.75, 3.05) is 19.6 Å². The standard InChI is InChI=1S/C20H29FN2O2/c1-14(2)19(25)23-11-7-8-15(12-23)18(24)22-13-20(3,4)16-9-5-6-10-17(16)21/h5-6,9-10,14-15H,7-8,11-13H2,1-4H3,(H,22,24). The zero-order valence-electron chi connectivity index (χ0n) is 15.6. The molecule has 1 aliphatic rings. The number of halogens is 1. The second kappa shape index (κ2) is 7.98. The van der Waals surface area contributed by atoms with Crippen LogP contribution in [0.3, 0.4) is 0 Å². The van der Waals surface area contributed by atoms with Crippen molar-refractivity contribution in [2.24, 2.45) is 11.8 Å². The van der Waals surface area contributed by atoms with E-state index in [9.17, 15) is 14.0 Å². The van der Waals surface area contributed by atoms with Gasteiger partial charge in [0, 0.05) is 31.0 Å². The van der Waals surface area contributed by atoms with Gasteiger partial charge in [-0.05, 0) is 24.5 Å². The number of likely N-dealkylation sites (tertiary alicyclic amines) is 1. The van der Waals surface area contributed by atoms with Crippen LogP contribution in [0.2, 0.25) is 0 Å². The predicted molar refractivity (Wildman–Crippen MR) is 96.6 cm³/mol. The van der Waals surface area contributed by atoms with Crippen LogP contribution in [0.15, 0.2) is 24.3 Å². The Balaban J connectivity index is 1.95. The van der Waals surface area contributed by atoms with E-state index in [-0.39, 0.29) is 29.5 Å². The highest BCUT2D eigenvalue weighted by Crippen LogP contribution is 2.25. The van der Waals surface area contributed by atoms with E-state index in [2.05, 4.69) is 5.32 Å². The lowest BCUT2D eigenvalue weighted by Gasteiger charge is -2.34. The highest BCUT2D eigenvalue weighted by Gasteiger charge is 2.31. The van der Waals surface area contributed by atoms with Gasteiger partial charge in [0.05, 0.1) is 5.92 Å². The first-order chi connectivity index (χ1) is 11.7. The van der Waals surface area contributed by atoms with E-state index < -0.39 is 5.41 Å². The first kappa shape index (κ1) is 19.4. The topological polar surface area (TPSA) is 49.4 Å². The van der Waals surface area contributed by atoms with E-state index in [0.29, 0.717) is 18.7 Å². The number of piperidine rings is 1. The fraction of sp³-hybridized carbons (Fsp3) is 0.600. The maximum absolute atomic E-state index is 14.0. The van der Waals surface area contributed by atoms with Gasteiger partial charge in [-0.3, -0.25) is 9.59 Å². The second-order valence-electron chi connectivity index (χ2n) is 7.86. The van der Waals surface area contributed by atoms with Crippen LogP contribution in [-0.2, 0) is 15.0 Å². The molecule has 0 aliphatic carbocycles. The maximum Gasteiger partial charge on any atom is 0.225 e. The molecule has 0 radical (unpaired) electrons. The predicted octanol–water partition coefficient (Wildman–Crippen LogP) is 3.11. The van der Waals surface area contributed by atoms with Gasteiger partial charge in [0.25, 0.3) is 0 Å². The molecule has 1 aromatic carbocycles. The van der Waals surface area contributed by atoms with Gasteiger partial charge in [-0.25, -0.2) is 4.39 Å². The molecule has 1 N–H and O–H groups in total. The van der Waals surface area contributed by atoms with Crippen molar-refractivity contribution in [3.05, 3.63) is 35.6 Å². The molecule has 0 spiro atoms. The summed E-state index contributed by atoms with van der Waals surface area (Å²) in [4.78, 5) is 26.5. The average molecular weight is 348 g/mol. The van der Waals surface area contributed by atoms with Crippen LogP contribution in [0.1, 0.15) is 46.1 Å². The quantitative estimate of drug-likeness (QED) is 0.889. The van der Waals surface area contributed by atoms with Gasteiger partial charge < -0.3 is 10.2 Å². The number of hydrogen-bond donors (Lipinski definition) is 1. The SMILES string of the molecule is CC(C)C(=O)N1CCCC(C(=O)NCC(C)(C)c2ccccc2F)C1. The number of carbonyl (C=O) groups is 2. The van der Waals surface area contributed by atoms with E-state index in [4.69, 9.17) is 0 Å². The highest BCUT2D eigenvalue weighted by atomic mass is 19.1. The Morgan fingerprint density at radius 3 is 2.64 bits per heavy atom. The minimum atomic E-state index is -0.497. The van der Waals surface area contributed by atoms with E-state index >= 15 is 0 Å². The first-order valence-electron chi connectivity index (χ1n) is 9.04. The molecule has 1 atom stereocenters. The van der Waals surface area contributed by atoms with Crippen LogP contribution in [0.25, 0.3) is 0 Å². The third-order valence-electron chi connectivity index (χ3n) is 4.91. The minimum absolute atomic E-state index is 0.0503. The summed E-state index contributed by atoms with van der Waals surface area (Å²) >= 11 is 0. The van der Waals surface area contributed by atoms with E-state index in [1.165, 1.54) is 6.07 Å². The lowest BCUT2D eigenvalue weighted by Crippen LogP contribution is -2.48. The van der Waals surface area contributed by atoms with Crippen LogP contribution in [0, 0.1) is 17.7 Å². The van der Waals surface area contributed by atoms with Gasteiger partial charge in [-0.15, -0.1) is 0 Å². The van der Waals surface area contributed by atoms with Crippen molar-refractivity contribution in [3.63, 3.8) is 0 Å². The molecule has 2 rings (SSSR count). The number of nitrogens with one attached hydrogen (secondary N) is 1. The van der Waals surface area contributed by atoms with Gasteiger partial charge in [-0.2, -0.15) is 0 Å². The molecule has 0 saturated carbocycles. The maximum atomic E-state index is 14.0. The van der Waals surface area contributed by atoms with Gasteiger partial charge >= 0.3 is 0 Å². The summed E-state index contributed by atoms with van der Waals surface area (Å²) in [5.74, 6) is -0.447. The van der Waals surface area contributed by atoms with Crippen LogP contribution >= 0.6 is 0 Å². The Morgan fingerprint density at radius 1 is 1.32 bits per heavy atom. The van der Waals surface area contributed by atoms with Crippen LogP contribution < -0.4 is 5.32 Å². The molecule has 1 saturated heterocycles. The fourth-order valence-electron chi connectivity index (χ4n) is 3.31. The summed E-state index contributed by atoms with van der Waals surface area (Å²) in [5, 5.41) is 2.96. The number of hydrogen-bond acceptors (Lipinski definition) is 2. The molecule has 0 aromatic heterocycles. The largest absolute Gasteiger partial charge is 0.355 e. The molecular weight excluding hydrogens is 319 g/mol. The fourth-order valence-corrected chi connectivity index (χ4v) is 3.31. The normalized spacial score (nSPS) is 18.3. The molecule has 1 unspecified atom stereocenters. The third kappa shape index (κ3) is 4.80. The number of amides is 2. The summed E-state index contributed by atoms with van der Waals surface area (Å²) < 4.78 is 14.0. The van der Waals surface area contributed by atoms with Gasteiger partial charge in [-0.1, -0.05) is 45.9 Å². The number of nitrogens with zero attached hydrogens (tertiary/aromatic N) is 1. The van der Waals surface area contributed by atoms with Crippen molar-refractivity contribution >= 4 is 11.8 Å². The number of benzene rings is 1. The van der Waals surface area contributed by atoms with Crippen LogP contribution in [0.5, 0.6) is 0 Å². The lowest BCUT2D eigenvalue weighted by atomic mass is 9.84. The molecule has 5 heteroatoms. The summed E-state index contributed by atoms with van der Waals surface area (Å²) in [6.07, 6.45) is 1.63. The van der Waals surface area contributed by atoms with Crippen molar-refractivity contribution in [3.8, 4) is 0 Å². The highest BCUT2D eigenvalue weighted by molar-refractivity contribution is 5.82. The molecule has 1 aliphatic heterocycles. The number of rotatable bonds is 5. The Bertz CT molecular complexity index is 628. The van der Waals surface area contributed by atoms with Crippen molar-refractivity contribution in [1.29, 1.82) is 0 Å². The van der Waals surface area contributed by atoms with E-state index in [1.807, 2.05) is 27.7 Å². The lowest BCUT2D eigenvalue weighted by molar-refractivity contribution is -0.138. The third-order valence-corrected chi connectivity index (χ3v) is 4.91. The molecule has 1 heterocycles. The summed E-state index contributed by atoms with van der Waals surface area (Å²) in [6, 6.07) is 6.66. The summed E-state index contributed by atoms with van der Waals surface area (Å²) in [5.41, 5.74) is 0.0962. The Morgan fingerprint density at radius 2 is 2.00 bits per heavy atom. The Kier molecular flexibility index (Phi) is 6.20.